The van der Waals surface area contributed by atoms with Crippen molar-refractivity contribution in [2.24, 2.45) is 0 Å². The van der Waals surface area contributed by atoms with E-state index in [9.17, 15) is 5.26 Å². The maximum atomic E-state index is 9.26. The van der Waals surface area contributed by atoms with Gasteiger partial charge in [-0.15, -0.1) is 0 Å². The maximum Gasteiger partial charge on any atom is 0.0998 e. The number of allylic oxidation sites excluding steroid dienone is 1. The number of benzene rings is 2. The van der Waals surface area contributed by atoms with Gasteiger partial charge in [-0.05, 0) is 64.1 Å². The molecule has 0 N–H and O–H groups in total. The summed E-state index contributed by atoms with van der Waals surface area (Å²) >= 11 is 2.24. The minimum Gasteiger partial charge on any atom is -0.192 e. The molecule has 0 heterocycles. The van der Waals surface area contributed by atoms with Gasteiger partial charge in [0, 0.05) is 3.57 Å². The summed E-state index contributed by atoms with van der Waals surface area (Å²) in [7, 11) is 0. The summed E-state index contributed by atoms with van der Waals surface area (Å²) in [5.41, 5.74) is 2.85. The van der Waals surface area contributed by atoms with Crippen LogP contribution in [0.4, 0.5) is 0 Å². The zero-order valence-electron chi connectivity index (χ0n) is 9.97. The lowest BCUT2D eigenvalue weighted by Gasteiger charge is -2.00. The molecule has 0 fully saturated rings. The molecule has 0 aliphatic rings. The van der Waals surface area contributed by atoms with Gasteiger partial charge in [0.15, 0.2) is 0 Å². The third-order valence-electron chi connectivity index (χ3n) is 2.60. The highest BCUT2D eigenvalue weighted by Crippen LogP contribution is 2.19. The zero-order valence-corrected chi connectivity index (χ0v) is 12.1. The van der Waals surface area contributed by atoms with E-state index in [1.54, 1.807) is 18.2 Å². The molecule has 0 amide bonds. The molecule has 0 unspecified atom stereocenters. The van der Waals surface area contributed by atoms with Crippen LogP contribution in [0, 0.1) is 26.2 Å². The van der Waals surface area contributed by atoms with Crippen LogP contribution in [0.2, 0.25) is 0 Å². The van der Waals surface area contributed by atoms with Crippen molar-refractivity contribution in [2.45, 2.75) is 0 Å². The third kappa shape index (κ3) is 3.43. The van der Waals surface area contributed by atoms with Crippen LogP contribution < -0.4 is 0 Å². The van der Waals surface area contributed by atoms with E-state index >= 15 is 0 Å². The van der Waals surface area contributed by atoms with E-state index in [1.807, 2.05) is 36.4 Å². The van der Waals surface area contributed by atoms with Gasteiger partial charge in [0.2, 0.25) is 0 Å². The van der Waals surface area contributed by atoms with Crippen molar-refractivity contribution < 1.29 is 0 Å². The SMILES string of the molecule is N#C/C(=C/c1ccc(I)cc1)c1cccc(C#N)c1. The second-order valence-electron chi connectivity index (χ2n) is 3.91. The molecule has 3 heteroatoms. The van der Waals surface area contributed by atoms with Crippen molar-refractivity contribution in [3.63, 3.8) is 0 Å². The Kier molecular flexibility index (Phi) is 4.33. The molecule has 2 nitrogen and oxygen atoms in total. The first-order valence-corrected chi connectivity index (χ1v) is 6.69. The van der Waals surface area contributed by atoms with Gasteiger partial charge in [-0.3, -0.25) is 0 Å². The normalized spacial score (nSPS) is 10.6. The van der Waals surface area contributed by atoms with Crippen LogP contribution in [0.25, 0.3) is 11.6 Å². The molecule has 2 aromatic carbocycles. The topological polar surface area (TPSA) is 47.6 Å². The largest absolute Gasteiger partial charge is 0.192 e. The summed E-state index contributed by atoms with van der Waals surface area (Å²) in [6.07, 6.45) is 1.83. The molecular weight excluding hydrogens is 347 g/mol. The van der Waals surface area contributed by atoms with Crippen LogP contribution in [0.3, 0.4) is 0 Å². The first-order valence-electron chi connectivity index (χ1n) is 5.61. The predicted molar refractivity (Wildman–Crippen MR) is 83.8 cm³/mol. The molecule has 0 aliphatic heterocycles. The summed E-state index contributed by atoms with van der Waals surface area (Å²) in [6, 6.07) is 19.3. The smallest absolute Gasteiger partial charge is 0.0998 e. The fourth-order valence-corrected chi connectivity index (χ4v) is 2.02. The van der Waals surface area contributed by atoms with Crippen molar-refractivity contribution in [3.05, 3.63) is 68.8 Å². The highest BCUT2D eigenvalue weighted by Gasteiger charge is 2.02. The Morgan fingerprint density at radius 3 is 2.42 bits per heavy atom. The Bertz CT molecular complexity index is 701. The van der Waals surface area contributed by atoms with Crippen LogP contribution in [-0.4, -0.2) is 0 Å². The molecule has 0 saturated heterocycles. The molecule has 0 atom stereocenters. The lowest BCUT2D eigenvalue weighted by atomic mass is 10.0. The van der Waals surface area contributed by atoms with Crippen molar-refractivity contribution in [2.75, 3.05) is 0 Å². The standard InChI is InChI=1S/C16H9IN2/c17-16-6-4-12(5-7-16)8-15(11-19)14-3-1-2-13(9-14)10-18/h1-9H/b15-8-. The summed E-state index contributed by atoms with van der Waals surface area (Å²) in [5.74, 6) is 0. The van der Waals surface area contributed by atoms with Gasteiger partial charge in [-0.25, -0.2) is 0 Å². The molecule has 0 spiro atoms. The minimum absolute atomic E-state index is 0.554. The first-order chi connectivity index (χ1) is 9.22. The number of nitrogens with zero attached hydrogens (tertiary/aromatic N) is 2. The third-order valence-corrected chi connectivity index (χ3v) is 3.32. The van der Waals surface area contributed by atoms with E-state index in [2.05, 4.69) is 34.7 Å². The second-order valence-corrected chi connectivity index (χ2v) is 5.16. The van der Waals surface area contributed by atoms with Crippen LogP contribution >= 0.6 is 22.6 Å². The van der Waals surface area contributed by atoms with E-state index in [0.717, 1.165) is 14.7 Å². The van der Waals surface area contributed by atoms with Gasteiger partial charge in [-0.1, -0.05) is 24.3 Å². The lowest BCUT2D eigenvalue weighted by Crippen LogP contribution is -1.84. The highest BCUT2D eigenvalue weighted by molar-refractivity contribution is 14.1. The zero-order chi connectivity index (χ0) is 13.7. The second kappa shape index (κ2) is 6.17. The van der Waals surface area contributed by atoms with E-state index in [1.165, 1.54) is 0 Å². The van der Waals surface area contributed by atoms with Gasteiger partial charge >= 0.3 is 0 Å². The van der Waals surface area contributed by atoms with Crippen molar-refractivity contribution in [3.8, 4) is 12.1 Å². The predicted octanol–water partition coefficient (Wildman–Crippen LogP) is 4.23. The fraction of sp³-hybridized carbons (Fsp3) is 0. The Balaban J connectivity index is 2.42. The molecule has 19 heavy (non-hydrogen) atoms. The molecular formula is C16H9IN2. The molecule has 0 aromatic heterocycles. The molecule has 2 aromatic rings. The number of nitriles is 2. The van der Waals surface area contributed by atoms with Gasteiger partial charge in [0.25, 0.3) is 0 Å². The van der Waals surface area contributed by atoms with E-state index in [0.29, 0.717) is 11.1 Å². The Morgan fingerprint density at radius 1 is 1.05 bits per heavy atom. The Labute approximate surface area is 125 Å². The monoisotopic (exact) mass is 356 g/mol. The lowest BCUT2D eigenvalue weighted by molar-refractivity contribution is 1.47. The fourth-order valence-electron chi connectivity index (χ4n) is 1.66. The van der Waals surface area contributed by atoms with E-state index < -0.39 is 0 Å². The molecule has 2 rings (SSSR count). The average Bonchev–Trinajstić information content (AvgIpc) is 2.46. The summed E-state index contributed by atoms with van der Waals surface area (Å²) in [5, 5.41) is 18.1. The van der Waals surface area contributed by atoms with Gasteiger partial charge in [0.05, 0.1) is 23.3 Å². The molecule has 0 aliphatic carbocycles. The summed E-state index contributed by atoms with van der Waals surface area (Å²) < 4.78 is 1.15. The Hall–Kier alpha value is -2.11. The van der Waals surface area contributed by atoms with E-state index in [4.69, 9.17) is 5.26 Å². The van der Waals surface area contributed by atoms with E-state index in [-0.39, 0.29) is 0 Å². The van der Waals surface area contributed by atoms with Gasteiger partial charge in [-0.2, -0.15) is 10.5 Å². The summed E-state index contributed by atoms with van der Waals surface area (Å²) in [6.45, 7) is 0. The molecule has 0 bridgehead atoms. The van der Waals surface area contributed by atoms with Crippen molar-refractivity contribution in [1.82, 2.24) is 0 Å². The minimum atomic E-state index is 0.554. The maximum absolute atomic E-state index is 9.26. The van der Waals surface area contributed by atoms with Crippen LogP contribution in [0.5, 0.6) is 0 Å². The average molecular weight is 356 g/mol. The number of rotatable bonds is 2. The highest BCUT2D eigenvalue weighted by atomic mass is 127. The van der Waals surface area contributed by atoms with Crippen LogP contribution in [-0.2, 0) is 0 Å². The van der Waals surface area contributed by atoms with Gasteiger partial charge < -0.3 is 0 Å². The molecule has 90 valence electrons. The van der Waals surface area contributed by atoms with Crippen LogP contribution in [0.1, 0.15) is 16.7 Å². The Morgan fingerprint density at radius 2 is 1.79 bits per heavy atom. The number of hydrogen-bond acceptors (Lipinski definition) is 2. The first kappa shape index (κ1) is 13.3. The van der Waals surface area contributed by atoms with Crippen molar-refractivity contribution >= 4 is 34.2 Å². The quantitative estimate of drug-likeness (QED) is 0.459. The number of halogens is 1. The number of hydrogen-bond donors (Lipinski definition) is 0. The molecule has 0 saturated carbocycles. The molecule has 0 radical (unpaired) electrons. The van der Waals surface area contributed by atoms with Crippen molar-refractivity contribution in [1.29, 1.82) is 10.5 Å². The van der Waals surface area contributed by atoms with Gasteiger partial charge in [0.1, 0.15) is 0 Å². The van der Waals surface area contributed by atoms with Crippen LogP contribution in [0.15, 0.2) is 48.5 Å². The summed E-state index contributed by atoms with van der Waals surface area (Å²) in [4.78, 5) is 0.